The van der Waals surface area contributed by atoms with Crippen molar-refractivity contribution in [1.82, 2.24) is 4.90 Å². The van der Waals surface area contributed by atoms with Crippen molar-refractivity contribution >= 4 is 33.4 Å². The smallest absolute Gasteiger partial charge is 0.352 e. The number of nitrogens with zero attached hydrogens (tertiary/aromatic N) is 1. The molecular weight excluding hydrogens is 510 g/mol. The van der Waals surface area contributed by atoms with Crippen molar-refractivity contribution in [1.29, 1.82) is 0 Å². The Morgan fingerprint density at radius 2 is 1.78 bits per heavy atom. The number of amides is 2. The fourth-order valence-corrected chi connectivity index (χ4v) is 3.48. The van der Waals surface area contributed by atoms with E-state index in [0.717, 1.165) is 12.1 Å². The van der Waals surface area contributed by atoms with Crippen LogP contribution in [0.2, 0.25) is 0 Å². The molecule has 1 aliphatic heterocycles. The Kier molecular flexibility index (Phi) is 6.57. The number of likely N-dealkylation sites (tertiary alicyclic amines) is 1. The van der Waals surface area contributed by atoms with Crippen molar-refractivity contribution < 1.29 is 41.0 Å². The summed E-state index contributed by atoms with van der Waals surface area (Å²) in [6, 6.07) is 5.32. The molecule has 172 valence electrons. The molecule has 2 N–H and O–H groups in total. The minimum atomic E-state index is -4.56. The van der Waals surface area contributed by atoms with Crippen LogP contribution in [0.1, 0.15) is 22.3 Å². The van der Waals surface area contributed by atoms with Crippen LogP contribution in [0.15, 0.2) is 40.9 Å². The molecule has 1 saturated heterocycles. The van der Waals surface area contributed by atoms with E-state index >= 15 is 0 Å². The predicted octanol–water partition coefficient (Wildman–Crippen LogP) is 4.30. The van der Waals surface area contributed by atoms with E-state index in [1.54, 1.807) is 0 Å². The van der Waals surface area contributed by atoms with E-state index in [1.807, 2.05) is 0 Å². The Morgan fingerprint density at radius 3 is 2.41 bits per heavy atom. The molecule has 0 saturated carbocycles. The van der Waals surface area contributed by atoms with Gasteiger partial charge >= 0.3 is 5.92 Å². The first-order valence-electron chi connectivity index (χ1n) is 9.12. The number of rotatable bonds is 4. The van der Waals surface area contributed by atoms with E-state index in [4.69, 9.17) is 0 Å². The van der Waals surface area contributed by atoms with Gasteiger partial charge in [0.05, 0.1) is 16.6 Å². The number of hydrogen-bond donors (Lipinski definition) is 2. The summed E-state index contributed by atoms with van der Waals surface area (Å²) in [5.41, 5.74) is -1.82. The summed E-state index contributed by atoms with van der Waals surface area (Å²) in [6.45, 7) is -2.03. The zero-order chi connectivity index (χ0) is 23.8. The Balaban J connectivity index is 1.85. The van der Waals surface area contributed by atoms with Gasteiger partial charge in [0.15, 0.2) is 0 Å². The number of nitrogens with one attached hydrogen (secondary N) is 1. The van der Waals surface area contributed by atoms with Gasteiger partial charge in [0.1, 0.15) is 17.7 Å². The molecule has 0 bridgehead atoms. The quantitative estimate of drug-likeness (QED) is 0.586. The van der Waals surface area contributed by atoms with Gasteiger partial charge in [0, 0.05) is 17.8 Å². The number of hydrogen-bond acceptors (Lipinski definition) is 3. The highest BCUT2D eigenvalue weighted by Crippen LogP contribution is 2.36. The number of anilines is 1. The van der Waals surface area contributed by atoms with Gasteiger partial charge in [0.25, 0.3) is 17.7 Å². The molecule has 32 heavy (non-hydrogen) atoms. The second-order valence-electron chi connectivity index (χ2n) is 7.14. The van der Waals surface area contributed by atoms with Crippen LogP contribution in [0, 0.1) is 11.6 Å². The predicted molar refractivity (Wildman–Crippen MR) is 104 cm³/mol. The molecule has 0 spiro atoms. The van der Waals surface area contributed by atoms with Crippen molar-refractivity contribution in [3.05, 3.63) is 63.6 Å². The molecular formula is C20H15BrF6N2O3. The maximum absolute atomic E-state index is 14.8. The Hall–Kier alpha value is -2.60. The Labute approximate surface area is 186 Å². The molecule has 12 heteroatoms. The van der Waals surface area contributed by atoms with E-state index in [9.17, 15) is 41.0 Å². The van der Waals surface area contributed by atoms with Crippen molar-refractivity contribution in [3.63, 3.8) is 0 Å². The third-order valence-corrected chi connectivity index (χ3v) is 5.47. The highest BCUT2D eigenvalue weighted by atomic mass is 79.9. The van der Waals surface area contributed by atoms with Crippen LogP contribution in [0.5, 0.6) is 0 Å². The number of carbonyl (C=O) groups is 2. The third-order valence-electron chi connectivity index (χ3n) is 4.86. The molecule has 0 radical (unpaired) electrons. The highest BCUT2D eigenvalue weighted by Gasteiger charge is 2.52. The molecule has 2 aromatic rings. The zero-order valence-corrected chi connectivity index (χ0v) is 17.6. The normalized spacial score (nSPS) is 18.4. The van der Waals surface area contributed by atoms with E-state index in [1.165, 1.54) is 12.1 Å². The topological polar surface area (TPSA) is 69.6 Å². The molecule has 0 aliphatic carbocycles. The van der Waals surface area contributed by atoms with Gasteiger partial charge in [-0.2, -0.15) is 8.78 Å². The van der Waals surface area contributed by atoms with E-state index in [2.05, 4.69) is 21.2 Å². The average molecular weight is 525 g/mol. The number of aliphatic hydroxyl groups is 1. The van der Waals surface area contributed by atoms with Gasteiger partial charge in [-0.15, -0.1) is 0 Å². The van der Waals surface area contributed by atoms with Crippen LogP contribution in [0.4, 0.5) is 32.0 Å². The molecule has 1 unspecified atom stereocenters. The van der Waals surface area contributed by atoms with Crippen LogP contribution in [-0.2, 0) is 10.7 Å². The van der Waals surface area contributed by atoms with Crippen LogP contribution in [-0.4, -0.2) is 46.9 Å². The van der Waals surface area contributed by atoms with Crippen molar-refractivity contribution in [2.24, 2.45) is 0 Å². The first-order chi connectivity index (χ1) is 14.8. The third kappa shape index (κ3) is 4.75. The lowest BCUT2D eigenvalue weighted by Gasteiger charge is -2.37. The van der Waals surface area contributed by atoms with Crippen LogP contribution in [0.25, 0.3) is 0 Å². The number of carbonyl (C=O) groups excluding carboxylic acids is 2. The summed E-state index contributed by atoms with van der Waals surface area (Å²) in [7, 11) is 0. The highest BCUT2D eigenvalue weighted by molar-refractivity contribution is 9.10. The van der Waals surface area contributed by atoms with Crippen LogP contribution in [0.3, 0.4) is 0 Å². The molecule has 2 aromatic carbocycles. The fourth-order valence-electron chi connectivity index (χ4n) is 3.10. The molecule has 3 rings (SSSR count). The van der Waals surface area contributed by atoms with E-state index in [-0.39, 0.29) is 15.1 Å². The Morgan fingerprint density at radius 1 is 1.12 bits per heavy atom. The molecule has 1 aliphatic rings. The van der Waals surface area contributed by atoms with Gasteiger partial charge in [-0.25, -0.2) is 17.6 Å². The van der Waals surface area contributed by atoms with E-state index < -0.39 is 72.0 Å². The summed E-state index contributed by atoms with van der Waals surface area (Å²) in [5, 5.41) is 11.6. The number of alkyl halides is 4. The van der Waals surface area contributed by atoms with Gasteiger partial charge in [0.2, 0.25) is 0 Å². The number of aliphatic hydroxyl groups excluding tert-OH is 1. The van der Waals surface area contributed by atoms with Gasteiger partial charge in [-0.1, -0.05) is 0 Å². The number of piperidine rings is 1. The SMILES string of the molecule is O=C(Nc1ccc(F)c(Br)c1)c1ccc(F)c(C(F)(F)C(=O)N2CCC(O)C(F)(F)C2)c1. The molecule has 5 nitrogen and oxygen atoms in total. The molecule has 0 aromatic heterocycles. The summed E-state index contributed by atoms with van der Waals surface area (Å²) in [4.78, 5) is 24.8. The molecule has 2 amide bonds. The first kappa shape index (κ1) is 24.1. The summed E-state index contributed by atoms with van der Waals surface area (Å²) < 4.78 is 84.4. The Bertz CT molecular complexity index is 1070. The van der Waals surface area contributed by atoms with Gasteiger partial charge < -0.3 is 15.3 Å². The fraction of sp³-hybridized carbons (Fsp3) is 0.300. The minimum Gasteiger partial charge on any atom is -0.387 e. The number of halogens is 7. The standard InChI is InChI=1S/C20H15BrF6N2O3/c21-13-8-11(2-4-15(13)23)28-17(31)10-1-3-14(22)12(7-10)20(26,27)18(32)29-6-5-16(30)19(24,25)9-29/h1-4,7-8,16,30H,5-6,9H2,(H,28,31). The second-order valence-corrected chi connectivity index (χ2v) is 8.00. The van der Waals surface area contributed by atoms with Crippen molar-refractivity contribution in [3.8, 4) is 0 Å². The molecule has 1 fully saturated rings. The lowest BCUT2D eigenvalue weighted by Crippen LogP contribution is -2.56. The average Bonchev–Trinajstić information content (AvgIpc) is 2.72. The summed E-state index contributed by atoms with van der Waals surface area (Å²) >= 11 is 2.92. The summed E-state index contributed by atoms with van der Waals surface area (Å²) in [6.07, 6.45) is -2.72. The lowest BCUT2D eigenvalue weighted by atomic mass is 9.99. The van der Waals surface area contributed by atoms with E-state index in [0.29, 0.717) is 12.1 Å². The molecule has 1 heterocycles. The first-order valence-corrected chi connectivity index (χ1v) is 9.91. The maximum atomic E-state index is 14.8. The number of benzene rings is 2. The zero-order valence-electron chi connectivity index (χ0n) is 16.0. The largest absolute Gasteiger partial charge is 0.387 e. The van der Waals surface area contributed by atoms with Gasteiger partial charge in [-0.3, -0.25) is 9.59 Å². The van der Waals surface area contributed by atoms with Crippen molar-refractivity contribution in [2.45, 2.75) is 24.4 Å². The van der Waals surface area contributed by atoms with Gasteiger partial charge in [-0.05, 0) is 58.7 Å². The van der Waals surface area contributed by atoms with Crippen molar-refractivity contribution in [2.75, 3.05) is 18.4 Å². The second kappa shape index (κ2) is 8.74. The maximum Gasteiger partial charge on any atom is 0.352 e. The minimum absolute atomic E-state index is 0.0238. The van der Waals surface area contributed by atoms with Crippen LogP contribution < -0.4 is 5.32 Å². The summed E-state index contributed by atoms with van der Waals surface area (Å²) in [5.74, 6) is -13.5. The van der Waals surface area contributed by atoms with Crippen LogP contribution >= 0.6 is 15.9 Å². The monoisotopic (exact) mass is 524 g/mol. The lowest BCUT2D eigenvalue weighted by molar-refractivity contribution is -0.183. The molecule has 1 atom stereocenters.